The van der Waals surface area contributed by atoms with Crippen LogP contribution in [0.15, 0.2) is 66.7 Å². The van der Waals surface area contributed by atoms with E-state index in [1.165, 1.54) is 0 Å². The van der Waals surface area contributed by atoms with Crippen LogP contribution in [0.3, 0.4) is 0 Å². The van der Waals surface area contributed by atoms with Crippen LogP contribution in [-0.4, -0.2) is 18.1 Å². The Bertz CT molecular complexity index is 1060. The summed E-state index contributed by atoms with van der Waals surface area (Å²) in [6, 6.07) is 20.8. The molecule has 4 rings (SSSR count). The van der Waals surface area contributed by atoms with Crippen molar-refractivity contribution in [2.24, 2.45) is 5.73 Å². The Hall–Kier alpha value is -3.44. The molecule has 0 heterocycles. The number of hydrogen-bond donors (Lipinski definition) is 1. The van der Waals surface area contributed by atoms with Gasteiger partial charge in [-0.15, -0.1) is 0 Å². The summed E-state index contributed by atoms with van der Waals surface area (Å²) in [5, 5.41) is 11.3. The Morgan fingerprint density at radius 2 is 1.63 bits per heavy atom. The van der Waals surface area contributed by atoms with Gasteiger partial charge in [0.15, 0.2) is 0 Å². The molecule has 2 N–H and O–H groups in total. The number of rotatable bonds is 5. The average Bonchev–Trinajstić information content (AvgIpc) is 3.00. The molecule has 0 spiro atoms. The number of non-ortho nitro benzene ring substituents is 1. The molecule has 0 atom stereocenters. The third-order valence-corrected chi connectivity index (χ3v) is 4.61. The second-order valence-corrected chi connectivity index (χ2v) is 6.27. The van der Waals surface area contributed by atoms with Crippen LogP contribution in [0, 0.1) is 10.1 Å². The topological polar surface area (TPSA) is 78.4 Å². The number of nitro benzene ring substituents is 1. The molecule has 0 aliphatic heterocycles. The van der Waals surface area contributed by atoms with Crippen molar-refractivity contribution in [3.63, 3.8) is 0 Å². The molecule has 27 heavy (non-hydrogen) atoms. The Balaban J connectivity index is 1.90. The lowest BCUT2D eigenvalue weighted by Crippen LogP contribution is -2.11. The number of benzene rings is 3. The first kappa shape index (κ1) is 17.0. The highest BCUT2D eigenvalue weighted by molar-refractivity contribution is 6.07. The molecule has 0 saturated carbocycles. The van der Waals surface area contributed by atoms with E-state index in [-0.39, 0.29) is 10.6 Å². The zero-order chi connectivity index (χ0) is 18.8. The van der Waals surface area contributed by atoms with E-state index >= 15 is 0 Å². The lowest BCUT2D eigenvalue weighted by molar-refractivity contribution is -0.384. The van der Waals surface area contributed by atoms with Crippen LogP contribution in [0.5, 0.6) is 5.75 Å². The average molecular weight is 358 g/mol. The van der Waals surface area contributed by atoms with Crippen molar-refractivity contribution >= 4 is 17.3 Å². The molecule has 5 nitrogen and oxygen atoms in total. The third-order valence-electron chi connectivity index (χ3n) is 4.61. The monoisotopic (exact) mass is 358 g/mol. The van der Waals surface area contributed by atoms with Crippen LogP contribution in [0.25, 0.3) is 22.8 Å². The standard InChI is InChI=1S/C22H18N2O3/c23-11-12-27-22-8-4-1-5-15(22)13-20-18-7-3-2-6-17(18)19-10-9-16(24(25)26)14-21(19)20/h1-10,13-14H,11-12,23H2/b20-13+. The Labute approximate surface area is 156 Å². The summed E-state index contributed by atoms with van der Waals surface area (Å²) < 4.78 is 5.76. The summed E-state index contributed by atoms with van der Waals surface area (Å²) in [6.45, 7) is 0.863. The van der Waals surface area contributed by atoms with Crippen molar-refractivity contribution < 1.29 is 9.66 Å². The van der Waals surface area contributed by atoms with Gasteiger partial charge in [-0.3, -0.25) is 10.1 Å². The van der Waals surface area contributed by atoms with E-state index in [1.807, 2.05) is 60.7 Å². The van der Waals surface area contributed by atoms with Gasteiger partial charge in [0.2, 0.25) is 0 Å². The van der Waals surface area contributed by atoms with E-state index in [2.05, 4.69) is 0 Å². The number of hydrogen-bond acceptors (Lipinski definition) is 4. The lowest BCUT2D eigenvalue weighted by atomic mass is 10.0. The molecule has 0 radical (unpaired) electrons. The van der Waals surface area contributed by atoms with Crippen molar-refractivity contribution in [1.82, 2.24) is 0 Å². The quantitative estimate of drug-likeness (QED) is 0.421. The van der Waals surface area contributed by atoms with Crippen molar-refractivity contribution in [2.75, 3.05) is 13.2 Å². The number of ether oxygens (including phenoxy) is 1. The zero-order valence-electron chi connectivity index (χ0n) is 14.6. The van der Waals surface area contributed by atoms with Crippen molar-refractivity contribution in [3.05, 3.63) is 93.5 Å². The van der Waals surface area contributed by atoms with E-state index in [4.69, 9.17) is 10.5 Å². The zero-order valence-corrected chi connectivity index (χ0v) is 14.6. The SMILES string of the molecule is NCCOc1ccccc1/C=C1\c2ccccc2-c2ccc([N+](=O)[O-])cc21. The molecule has 134 valence electrons. The van der Waals surface area contributed by atoms with Gasteiger partial charge >= 0.3 is 0 Å². The first-order valence-electron chi connectivity index (χ1n) is 8.71. The molecular weight excluding hydrogens is 340 g/mol. The summed E-state index contributed by atoms with van der Waals surface area (Å²) >= 11 is 0. The molecule has 3 aromatic carbocycles. The minimum atomic E-state index is -0.362. The summed E-state index contributed by atoms with van der Waals surface area (Å²) in [5.41, 5.74) is 11.5. The lowest BCUT2D eigenvalue weighted by Gasteiger charge is -2.09. The number of nitro groups is 1. The summed E-state index contributed by atoms with van der Waals surface area (Å²) in [4.78, 5) is 10.9. The van der Waals surface area contributed by atoms with E-state index in [0.29, 0.717) is 13.2 Å². The van der Waals surface area contributed by atoms with Gasteiger partial charge in [0, 0.05) is 24.2 Å². The van der Waals surface area contributed by atoms with Gasteiger partial charge in [0.25, 0.3) is 5.69 Å². The fraction of sp³-hybridized carbons (Fsp3) is 0.0909. The molecule has 1 aliphatic rings. The van der Waals surface area contributed by atoms with E-state index < -0.39 is 0 Å². The normalized spacial score (nSPS) is 13.3. The molecule has 0 fully saturated rings. The van der Waals surface area contributed by atoms with Crippen molar-refractivity contribution in [1.29, 1.82) is 0 Å². The minimum absolute atomic E-state index is 0.0834. The maximum absolute atomic E-state index is 11.3. The summed E-state index contributed by atoms with van der Waals surface area (Å²) in [6.07, 6.45) is 2.03. The number of fused-ring (bicyclic) bond motifs is 3. The number of nitrogens with zero attached hydrogens (tertiary/aromatic N) is 1. The highest BCUT2D eigenvalue weighted by Crippen LogP contribution is 2.46. The highest BCUT2D eigenvalue weighted by atomic mass is 16.6. The maximum atomic E-state index is 11.3. The van der Waals surface area contributed by atoms with E-state index in [1.54, 1.807) is 12.1 Å². The Kier molecular flexibility index (Phi) is 4.44. The van der Waals surface area contributed by atoms with Crippen molar-refractivity contribution in [3.8, 4) is 16.9 Å². The summed E-state index contributed by atoms with van der Waals surface area (Å²) in [5.74, 6) is 0.742. The molecule has 5 heteroatoms. The van der Waals surface area contributed by atoms with Gasteiger partial charge in [0.05, 0.1) is 4.92 Å². The number of nitrogens with two attached hydrogens (primary N) is 1. The fourth-order valence-electron chi connectivity index (χ4n) is 3.41. The molecule has 1 aliphatic carbocycles. The van der Waals surface area contributed by atoms with Crippen LogP contribution >= 0.6 is 0 Å². The van der Waals surface area contributed by atoms with Crippen LogP contribution in [-0.2, 0) is 0 Å². The van der Waals surface area contributed by atoms with Crippen LogP contribution in [0.2, 0.25) is 0 Å². The molecule has 0 bridgehead atoms. The van der Waals surface area contributed by atoms with Gasteiger partial charge in [0.1, 0.15) is 12.4 Å². The molecule has 0 saturated heterocycles. The van der Waals surface area contributed by atoms with E-state index in [0.717, 1.165) is 39.1 Å². The molecule has 3 aromatic rings. The Morgan fingerprint density at radius 3 is 2.41 bits per heavy atom. The smallest absolute Gasteiger partial charge is 0.270 e. The summed E-state index contributed by atoms with van der Waals surface area (Å²) in [7, 11) is 0. The minimum Gasteiger partial charge on any atom is -0.492 e. The molecule has 0 amide bonds. The maximum Gasteiger partial charge on any atom is 0.270 e. The first-order chi connectivity index (χ1) is 13.2. The fourth-order valence-corrected chi connectivity index (χ4v) is 3.41. The van der Waals surface area contributed by atoms with Gasteiger partial charge in [-0.1, -0.05) is 42.5 Å². The highest BCUT2D eigenvalue weighted by Gasteiger charge is 2.25. The van der Waals surface area contributed by atoms with Gasteiger partial charge in [-0.05, 0) is 46.0 Å². The molecule has 0 unspecified atom stereocenters. The predicted molar refractivity (Wildman–Crippen MR) is 106 cm³/mol. The Morgan fingerprint density at radius 1 is 0.926 bits per heavy atom. The van der Waals surface area contributed by atoms with Crippen LogP contribution in [0.4, 0.5) is 5.69 Å². The third kappa shape index (κ3) is 3.09. The van der Waals surface area contributed by atoms with Gasteiger partial charge in [-0.2, -0.15) is 0 Å². The van der Waals surface area contributed by atoms with Gasteiger partial charge in [-0.25, -0.2) is 0 Å². The van der Waals surface area contributed by atoms with Crippen LogP contribution in [0.1, 0.15) is 16.7 Å². The van der Waals surface area contributed by atoms with Crippen molar-refractivity contribution in [2.45, 2.75) is 0 Å². The second kappa shape index (κ2) is 7.05. The molecular formula is C22H18N2O3. The first-order valence-corrected chi connectivity index (χ1v) is 8.71. The van der Waals surface area contributed by atoms with Gasteiger partial charge < -0.3 is 10.5 Å². The van der Waals surface area contributed by atoms with Crippen LogP contribution < -0.4 is 10.5 Å². The number of para-hydroxylation sites is 1. The second-order valence-electron chi connectivity index (χ2n) is 6.27. The molecule has 0 aromatic heterocycles. The van der Waals surface area contributed by atoms with E-state index in [9.17, 15) is 10.1 Å². The predicted octanol–water partition coefficient (Wildman–Crippen LogP) is 4.50. The largest absolute Gasteiger partial charge is 0.492 e.